The van der Waals surface area contributed by atoms with Crippen molar-refractivity contribution in [2.75, 3.05) is 0 Å². The first-order chi connectivity index (χ1) is 8.24. The van der Waals surface area contributed by atoms with E-state index in [1.807, 2.05) is 0 Å². The van der Waals surface area contributed by atoms with E-state index < -0.39 is 33.3 Å². The zero-order valence-electron chi connectivity index (χ0n) is 9.56. The Kier molecular flexibility index (Phi) is 4.86. The van der Waals surface area contributed by atoms with Gasteiger partial charge in [0.1, 0.15) is 5.82 Å². The van der Waals surface area contributed by atoms with Crippen LogP contribution in [0.4, 0.5) is 4.39 Å². The second-order valence-corrected chi connectivity index (χ2v) is 7.14. The summed E-state index contributed by atoms with van der Waals surface area (Å²) in [6, 6.07) is 4.10. The SMILES string of the molecule is CC(CC(=O)O)S(=O)(=O)Cc1cccc(F)c1Br. The zero-order valence-corrected chi connectivity index (χ0v) is 12.0. The third-order valence-corrected chi connectivity index (χ3v) is 5.46. The van der Waals surface area contributed by atoms with Crippen molar-refractivity contribution in [3.63, 3.8) is 0 Å². The third kappa shape index (κ3) is 3.78. The Hall–Kier alpha value is -0.950. The lowest BCUT2D eigenvalue weighted by Crippen LogP contribution is -2.23. The van der Waals surface area contributed by atoms with Crippen molar-refractivity contribution in [2.24, 2.45) is 0 Å². The van der Waals surface area contributed by atoms with E-state index in [4.69, 9.17) is 5.11 Å². The molecule has 0 amide bonds. The molecule has 0 aliphatic heterocycles. The highest BCUT2D eigenvalue weighted by Gasteiger charge is 2.25. The Balaban J connectivity index is 2.96. The molecule has 1 atom stereocenters. The van der Waals surface area contributed by atoms with Crippen molar-refractivity contribution in [3.8, 4) is 0 Å². The summed E-state index contributed by atoms with van der Waals surface area (Å²) in [7, 11) is -3.63. The molecule has 0 bridgehead atoms. The molecule has 1 aromatic rings. The van der Waals surface area contributed by atoms with Crippen molar-refractivity contribution in [3.05, 3.63) is 34.1 Å². The predicted molar refractivity (Wildman–Crippen MR) is 68.4 cm³/mol. The number of sulfone groups is 1. The van der Waals surface area contributed by atoms with E-state index >= 15 is 0 Å². The Morgan fingerprint density at radius 1 is 1.50 bits per heavy atom. The average Bonchev–Trinajstić information content (AvgIpc) is 2.23. The first-order valence-corrected chi connectivity index (χ1v) is 7.61. The standard InChI is InChI=1S/C11H12BrFO4S/c1-7(5-10(14)15)18(16,17)6-8-3-2-4-9(13)11(8)12/h2-4,7H,5-6H2,1H3,(H,14,15). The zero-order chi connectivity index (χ0) is 13.9. The maximum absolute atomic E-state index is 13.2. The molecule has 0 aliphatic rings. The van der Waals surface area contributed by atoms with Gasteiger partial charge in [0.2, 0.25) is 0 Å². The Morgan fingerprint density at radius 2 is 2.11 bits per heavy atom. The fourth-order valence-corrected chi connectivity index (χ4v) is 3.34. The summed E-state index contributed by atoms with van der Waals surface area (Å²) in [5, 5.41) is 7.57. The van der Waals surface area contributed by atoms with E-state index in [1.54, 1.807) is 0 Å². The lowest BCUT2D eigenvalue weighted by molar-refractivity contribution is -0.136. The fourth-order valence-electron chi connectivity index (χ4n) is 1.39. The molecule has 0 saturated carbocycles. The lowest BCUT2D eigenvalue weighted by atomic mass is 10.2. The summed E-state index contributed by atoms with van der Waals surface area (Å²) in [5.41, 5.74) is 0.284. The monoisotopic (exact) mass is 338 g/mol. The van der Waals surface area contributed by atoms with E-state index in [1.165, 1.54) is 25.1 Å². The van der Waals surface area contributed by atoms with Gasteiger partial charge in [-0.3, -0.25) is 4.79 Å². The van der Waals surface area contributed by atoms with E-state index in [0.29, 0.717) is 0 Å². The summed E-state index contributed by atoms with van der Waals surface area (Å²) >= 11 is 2.98. The number of carbonyl (C=O) groups is 1. The molecule has 7 heteroatoms. The minimum absolute atomic E-state index is 0.0936. The molecule has 0 aromatic heterocycles. The normalized spacial score (nSPS) is 13.3. The fraction of sp³-hybridized carbons (Fsp3) is 0.364. The van der Waals surface area contributed by atoms with Gasteiger partial charge in [0.05, 0.1) is 21.9 Å². The first-order valence-electron chi connectivity index (χ1n) is 5.10. The van der Waals surface area contributed by atoms with Crippen LogP contribution in [0.25, 0.3) is 0 Å². The van der Waals surface area contributed by atoms with Crippen LogP contribution < -0.4 is 0 Å². The van der Waals surface area contributed by atoms with E-state index in [-0.39, 0.29) is 15.8 Å². The van der Waals surface area contributed by atoms with Crippen molar-refractivity contribution in [1.82, 2.24) is 0 Å². The van der Waals surface area contributed by atoms with Crippen LogP contribution in [0.5, 0.6) is 0 Å². The highest BCUT2D eigenvalue weighted by Crippen LogP contribution is 2.24. The highest BCUT2D eigenvalue weighted by molar-refractivity contribution is 9.10. The molecule has 0 saturated heterocycles. The van der Waals surface area contributed by atoms with E-state index in [0.717, 1.165) is 0 Å². The first kappa shape index (κ1) is 15.1. The molecule has 100 valence electrons. The molecule has 0 spiro atoms. The number of halogens is 2. The third-order valence-electron chi connectivity index (χ3n) is 2.46. The topological polar surface area (TPSA) is 71.4 Å². The Bertz CT molecular complexity index is 556. The summed E-state index contributed by atoms with van der Waals surface area (Å²) in [6.07, 6.45) is -0.463. The van der Waals surface area contributed by atoms with Crippen LogP contribution in [0, 0.1) is 5.82 Å². The Labute approximate surface area is 113 Å². The van der Waals surface area contributed by atoms with Crippen LogP contribution in [0.1, 0.15) is 18.9 Å². The van der Waals surface area contributed by atoms with Crippen LogP contribution in [0.3, 0.4) is 0 Å². The van der Waals surface area contributed by atoms with Crippen molar-refractivity contribution < 1.29 is 22.7 Å². The number of hydrogen-bond donors (Lipinski definition) is 1. The molecule has 1 rings (SSSR count). The second kappa shape index (κ2) is 5.79. The van der Waals surface area contributed by atoms with E-state index in [2.05, 4.69) is 15.9 Å². The number of benzene rings is 1. The maximum atomic E-state index is 13.2. The minimum atomic E-state index is -3.63. The van der Waals surface area contributed by atoms with Crippen molar-refractivity contribution >= 4 is 31.7 Å². The summed E-state index contributed by atoms with van der Waals surface area (Å²) < 4.78 is 37.1. The van der Waals surface area contributed by atoms with Gasteiger partial charge in [-0.15, -0.1) is 0 Å². The van der Waals surface area contributed by atoms with Crippen LogP contribution in [-0.4, -0.2) is 24.7 Å². The van der Waals surface area contributed by atoms with Gasteiger partial charge in [-0.1, -0.05) is 12.1 Å². The molecule has 0 aliphatic carbocycles. The molecule has 0 fully saturated rings. The second-order valence-electron chi connectivity index (χ2n) is 3.93. The maximum Gasteiger partial charge on any atom is 0.304 e. The summed E-state index contributed by atoms with van der Waals surface area (Å²) in [6.45, 7) is 1.33. The van der Waals surface area contributed by atoms with Crippen molar-refractivity contribution in [1.29, 1.82) is 0 Å². The molecule has 1 N–H and O–H groups in total. The molecule has 0 radical (unpaired) electrons. The number of carboxylic acids is 1. The molecule has 4 nitrogen and oxygen atoms in total. The van der Waals surface area contributed by atoms with Crippen molar-refractivity contribution in [2.45, 2.75) is 24.3 Å². The van der Waals surface area contributed by atoms with Gasteiger partial charge in [-0.25, -0.2) is 12.8 Å². The molecule has 1 aromatic carbocycles. The molecular weight excluding hydrogens is 327 g/mol. The van der Waals surface area contributed by atoms with Crippen LogP contribution in [0.2, 0.25) is 0 Å². The van der Waals surface area contributed by atoms with Gasteiger partial charge in [0.25, 0.3) is 0 Å². The smallest absolute Gasteiger partial charge is 0.304 e. The van der Waals surface area contributed by atoms with Gasteiger partial charge in [-0.05, 0) is 34.5 Å². The van der Waals surface area contributed by atoms with Gasteiger partial charge in [0.15, 0.2) is 9.84 Å². The summed E-state index contributed by atoms with van der Waals surface area (Å²) in [5.74, 6) is -2.11. The van der Waals surface area contributed by atoms with Gasteiger partial charge in [0, 0.05) is 0 Å². The van der Waals surface area contributed by atoms with E-state index in [9.17, 15) is 17.6 Å². The van der Waals surface area contributed by atoms with Gasteiger partial charge >= 0.3 is 5.97 Å². The number of rotatable bonds is 5. The van der Waals surface area contributed by atoms with Crippen LogP contribution in [-0.2, 0) is 20.4 Å². The quantitative estimate of drug-likeness (QED) is 0.894. The Morgan fingerprint density at radius 3 is 2.67 bits per heavy atom. The molecular formula is C11H12BrFO4S. The largest absolute Gasteiger partial charge is 0.481 e. The predicted octanol–water partition coefficient (Wildman–Crippen LogP) is 2.37. The van der Waals surface area contributed by atoms with Crippen LogP contribution >= 0.6 is 15.9 Å². The highest BCUT2D eigenvalue weighted by atomic mass is 79.9. The van der Waals surface area contributed by atoms with Gasteiger partial charge < -0.3 is 5.11 Å². The summed E-state index contributed by atoms with van der Waals surface area (Å²) in [4.78, 5) is 10.5. The average molecular weight is 339 g/mol. The molecule has 0 heterocycles. The number of carboxylic acid groups (broad SMARTS) is 1. The number of hydrogen-bond acceptors (Lipinski definition) is 3. The minimum Gasteiger partial charge on any atom is -0.481 e. The molecule has 18 heavy (non-hydrogen) atoms. The molecule has 1 unspecified atom stereocenters. The van der Waals surface area contributed by atoms with Gasteiger partial charge in [-0.2, -0.15) is 0 Å². The number of aliphatic carboxylic acids is 1. The lowest BCUT2D eigenvalue weighted by Gasteiger charge is -2.12. The van der Waals surface area contributed by atoms with Crippen LogP contribution in [0.15, 0.2) is 22.7 Å².